The molecule has 18 heteroatoms. The van der Waals surface area contributed by atoms with Crippen molar-refractivity contribution in [3.8, 4) is 98.8 Å². The number of nitrogens with one attached hydrogen (secondary N) is 1. The SMILES string of the molecule is C#CC1=NC(C(C)(C)C)=CC1.C#CC1=NCC(C(C)(C)C)=C1.C#CC1=NCC=C1C(C)(C)C.C#CC1=NCC=C1C(C)(C)C.C#Cc1nc(C(C)(C)C)co1.C#Cc1ncc(C(C)(C)C)[nH]1.C#Cc1ncc(C(C)(C)C)o1.C#Cc1nocc1C(C)(C)C.C=Cc1cc(C(C)(C)C)sn1.C=Cc1ncc(C(C)(C)C)s1.CC(C)(C)C1CC=CC(=O)O1. The number of allylic oxidation sites excluding steroid dienone is 5. The van der Waals surface area contributed by atoms with E-state index in [2.05, 4.69) is 347 Å². The fourth-order valence-electron chi connectivity index (χ4n) is 9.89. The van der Waals surface area contributed by atoms with Crippen LogP contribution in [0.25, 0.3) is 12.2 Å². The van der Waals surface area contributed by atoms with E-state index < -0.39 is 0 Å². The van der Waals surface area contributed by atoms with Gasteiger partial charge in [0, 0.05) is 79.7 Å². The molecule has 0 spiro atoms. The number of aromatic nitrogens is 7. The third-order valence-corrected chi connectivity index (χ3v) is 20.2. The second-order valence-electron chi connectivity index (χ2n) is 39.8. The first-order valence-corrected chi connectivity index (χ1v) is 41.8. The second kappa shape index (κ2) is 46.6. The molecule has 0 saturated heterocycles. The fraction of sp³-hybridized carbons (Fsp3) is 0.485. The van der Waals surface area contributed by atoms with Gasteiger partial charge in [-0.25, -0.2) is 29.7 Å². The van der Waals surface area contributed by atoms with Crippen molar-refractivity contribution in [2.24, 2.45) is 47.0 Å². The Bertz CT molecular complexity index is 4810. The Morgan fingerprint density at radius 3 is 1.37 bits per heavy atom. The van der Waals surface area contributed by atoms with Gasteiger partial charge in [0.05, 0.1) is 42.9 Å². The summed E-state index contributed by atoms with van der Waals surface area (Å²) in [4.78, 5) is 49.6. The first-order valence-electron chi connectivity index (χ1n) is 40.2. The number of cyclic esters (lactones) is 1. The molecule has 5 aliphatic rings. The van der Waals surface area contributed by atoms with Crippen LogP contribution < -0.4 is 0 Å². The highest BCUT2D eigenvalue weighted by atomic mass is 32.1. The van der Waals surface area contributed by atoms with Gasteiger partial charge in [-0.3, -0.25) is 15.0 Å². The van der Waals surface area contributed by atoms with Gasteiger partial charge in [-0.15, -0.1) is 62.7 Å². The van der Waals surface area contributed by atoms with E-state index >= 15 is 0 Å². The molecule has 121 heavy (non-hydrogen) atoms. The van der Waals surface area contributed by atoms with Crippen molar-refractivity contribution in [1.82, 2.24) is 34.5 Å². The van der Waals surface area contributed by atoms with Crippen LogP contribution in [0.3, 0.4) is 0 Å². The van der Waals surface area contributed by atoms with Crippen LogP contribution in [0, 0.1) is 126 Å². The first kappa shape index (κ1) is 108. The molecular formula is C103H137N11O5S2. The molecular weight excluding hydrogens is 1540 g/mol. The maximum absolute atomic E-state index is 10.8. The number of hydrogen-bond donors (Lipinski definition) is 1. The standard InChI is InChI=1S/4C10H13N.C9H12N2.3C9H11NO.2C9H13NS.C9H14O2/c1-5-9-6-8(7-11-9)10(2,3)4;2*1-5-9-8(6-7-11-9)10(2,3)4;1-5-8-6-7-9(11-8)10(2,3)4;1-5-8-10-6-7(11-8)9(2,3)4;1-5-8-10-7(6-11-8)9(2,3)4;1-5-8-10-6-7(11-8)9(2,3)4;1-5-8-7(6-11-10-8)9(2,3)4;1-5-8-10-6-7(11-8)9(2,3)4;1-5-7-6-8(11-10-7)9(2,3)4;1-9(2,3)7-5-4-6-8(10)11-7/h3*1,6H,7H2,2-4H3;1,7H,6H2,2-4H3;1,6H,2-4H3,(H,10,11);3*1,6H,2-4H3;2*5-6H,1H2,2-4H3;4,6-7H,5H2,1-3H3. The molecule has 11 heterocycles. The Hall–Kier alpha value is -11.1. The molecule has 0 fully saturated rings. The summed E-state index contributed by atoms with van der Waals surface area (Å²) < 4.78 is 24.4. The normalized spacial score (nSPS) is 14.7. The lowest BCUT2D eigenvalue weighted by molar-refractivity contribution is -0.149. The van der Waals surface area contributed by atoms with Crippen molar-refractivity contribution in [1.29, 1.82) is 0 Å². The Kier molecular flexibility index (Phi) is 41.6. The largest absolute Gasteiger partial charge is 0.458 e. The molecule has 1 atom stereocenters. The third kappa shape index (κ3) is 39.3. The van der Waals surface area contributed by atoms with E-state index in [1.165, 1.54) is 32.5 Å². The Morgan fingerprint density at radius 2 is 1.10 bits per heavy atom. The number of carbonyl (C=O) groups excluding carboxylic acids is 1. The second-order valence-corrected chi connectivity index (χ2v) is 41.7. The zero-order chi connectivity index (χ0) is 93.3. The Labute approximate surface area is 737 Å². The number of carbonyl (C=O) groups is 1. The van der Waals surface area contributed by atoms with E-state index in [9.17, 15) is 4.79 Å². The van der Waals surface area contributed by atoms with Crippen molar-refractivity contribution in [2.75, 3.05) is 19.6 Å². The van der Waals surface area contributed by atoms with Crippen LogP contribution in [0.4, 0.5) is 0 Å². The monoisotopic (exact) mass is 1670 g/mol. The first-order chi connectivity index (χ1) is 55.4. The molecule has 0 amide bonds. The Morgan fingerprint density at radius 1 is 0.537 bits per heavy atom. The van der Waals surface area contributed by atoms with E-state index in [0.717, 1.165) is 94.4 Å². The number of rotatable bonds is 2. The van der Waals surface area contributed by atoms with Crippen molar-refractivity contribution < 1.29 is 22.9 Å². The number of aromatic amines is 1. The summed E-state index contributed by atoms with van der Waals surface area (Å²) in [5.41, 5.74) is 14.0. The number of nitrogens with zero attached hydrogens (tertiary/aromatic N) is 10. The van der Waals surface area contributed by atoms with Gasteiger partial charge in [-0.05, 0) is 114 Å². The smallest absolute Gasteiger partial charge is 0.330 e. The summed E-state index contributed by atoms with van der Waals surface area (Å²) in [6.45, 7) is 79.7. The molecule has 16 nitrogen and oxygen atoms in total. The summed E-state index contributed by atoms with van der Waals surface area (Å²) in [6, 6.07) is 2.09. The molecule has 1 unspecified atom stereocenters. The molecule has 5 aliphatic heterocycles. The minimum absolute atomic E-state index is 0.0118. The van der Waals surface area contributed by atoms with Crippen molar-refractivity contribution in [3.05, 3.63) is 176 Å². The summed E-state index contributed by atoms with van der Waals surface area (Å²) in [6.07, 6.45) is 67.2. The fourth-order valence-corrected chi connectivity index (χ4v) is 11.5. The predicted octanol–water partition coefficient (Wildman–Crippen LogP) is 24.2. The number of aliphatic imine (C=N–C) groups is 4. The van der Waals surface area contributed by atoms with Gasteiger partial charge in [0.1, 0.15) is 46.5 Å². The van der Waals surface area contributed by atoms with E-state index in [1.807, 2.05) is 39.1 Å². The van der Waals surface area contributed by atoms with Crippen LogP contribution >= 0.6 is 22.9 Å². The van der Waals surface area contributed by atoms with Gasteiger partial charge in [0.2, 0.25) is 0 Å². The van der Waals surface area contributed by atoms with Crippen LogP contribution in [0.5, 0.6) is 0 Å². The van der Waals surface area contributed by atoms with Crippen LogP contribution in [0.1, 0.15) is 308 Å². The van der Waals surface area contributed by atoms with E-state index in [4.69, 9.17) is 69.5 Å². The number of H-pyrrole nitrogens is 1. The molecule has 6 aromatic heterocycles. The highest BCUT2D eigenvalue weighted by Gasteiger charge is 2.30. The molecule has 0 aliphatic carbocycles. The minimum Gasteiger partial charge on any atom is -0.458 e. The molecule has 1 N–H and O–H groups in total. The number of imidazole rings is 1. The van der Waals surface area contributed by atoms with Gasteiger partial charge in [0.15, 0.2) is 11.5 Å². The molecule has 6 aromatic rings. The van der Waals surface area contributed by atoms with Crippen LogP contribution in [-0.4, -0.2) is 89.0 Å². The molecule has 0 saturated carbocycles. The minimum atomic E-state index is -0.212. The van der Waals surface area contributed by atoms with Gasteiger partial charge >= 0.3 is 5.97 Å². The maximum atomic E-state index is 10.8. The quantitative estimate of drug-likeness (QED) is 0.127. The van der Waals surface area contributed by atoms with Crippen LogP contribution in [0.15, 0.2) is 143 Å². The van der Waals surface area contributed by atoms with E-state index in [1.54, 1.807) is 59.9 Å². The van der Waals surface area contributed by atoms with E-state index in [-0.39, 0.29) is 71.6 Å². The average Bonchev–Trinajstić information content (AvgIpc) is 1.73. The Balaban J connectivity index is 0.000000665. The van der Waals surface area contributed by atoms with Crippen molar-refractivity contribution in [3.63, 3.8) is 0 Å². The molecule has 0 radical (unpaired) electrons. The summed E-state index contributed by atoms with van der Waals surface area (Å²) >= 11 is 3.27. The van der Waals surface area contributed by atoms with Gasteiger partial charge in [-0.1, -0.05) is 295 Å². The number of esters is 1. The molecule has 11 rings (SSSR count). The topological polar surface area (TPSA) is 208 Å². The number of terminal acetylenes is 8. The van der Waals surface area contributed by atoms with E-state index in [0.29, 0.717) is 23.3 Å². The average molecular weight is 1670 g/mol. The molecule has 0 bridgehead atoms. The number of ether oxygens (including phenoxy) is 1. The van der Waals surface area contributed by atoms with Crippen molar-refractivity contribution in [2.45, 2.75) is 280 Å². The lowest BCUT2D eigenvalue weighted by Gasteiger charge is -2.30. The highest BCUT2D eigenvalue weighted by molar-refractivity contribution is 7.12. The third-order valence-electron chi connectivity index (χ3n) is 17.6. The zero-order valence-corrected chi connectivity index (χ0v) is 80.7. The summed E-state index contributed by atoms with van der Waals surface area (Å²) in [7, 11) is 0. The summed E-state index contributed by atoms with van der Waals surface area (Å²) in [5, 5.41) is 4.70. The lowest BCUT2D eigenvalue weighted by Crippen LogP contribution is -2.32. The number of oxazole rings is 2. The predicted molar refractivity (Wildman–Crippen MR) is 514 cm³/mol. The molecule has 646 valence electrons. The van der Waals surface area contributed by atoms with Gasteiger partial charge < -0.3 is 23.1 Å². The number of thiazole rings is 1. The van der Waals surface area contributed by atoms with Crippen molar-refractivity contribution >= 4 is 63.8 Å². The van der Waals surface area contributed by atoms with Crippen LogP contribution in [-0.2, 0) is 42.0 Å². The summed E-state index contributed by atoms with van der Waals surface area (Å²) in [5.74, 6) is 21.9. The maximum Gasteiger partial charge on any atom is 0.330 e. The van der Waals surface area contributed by atoms with Crippen LogP contribution in [0.2, 0.25) is 0 Å². The van der Waals surface area contributed by atoms with Gasteiger partial charge in [-0.2, -0.15) is 4.37 Å². The van der Waals surface area contributed by atoms with Gasteiger partial charge in [0.25, 0.3) is 11.8 Å². The zero-order valence-electron chi connectivity index (χ0n) is 79.1. The highest BCUT2D eigenvalue weighted by Crippen LogP contribution is 2.35. The number of hydrogen-bond acceptors (Lipinski definition) is 17. The lowest BCUT2D eigenvalue weighted by atomic mass is 9.84. The molecule has 0 aromatic carbocycles.